The van der Waals surface area contributed by atoms with Crippen molar-refractivity contribution >= 4 is 23.4 Å². The Kier molecular flexibility index (Phi) is 2.16. The lowest BCUT2D eigenvalue weighted by Gasteiger charge is -2.32. The van der Waals surface area contributed by atoms with Crippen LogP contribution in [-0.4, -0.2) is 18.4 Å². The maximum absolute atomic E-state index is 12.0. The van der Waals surface area contributed by atoms with Crippen molar-refractivity contribution in [1.82, 2.24) is 5.32 Å². The first-order chi connectivity index (χ1) is 8.13. The van der Waals surface area contributed by atoms with Crippen LogP contribution in [0.2, 0.25) is 5.02 Å². The van der Waals surface area contributed by atoms with Gasteiger partial charge in [-0.05, 0) is 6.07 Å². The second kappa shape index (κ2) is 3.47. The second-order valence-electron chi connectivity index (χ2n) is 4.35. The van der Waals surface area contributed by atoms with Gasteiger partial charge in [0.1, 0.15) is 5.75 Å². The zero-order chi connectivity index (χ0) is 12.0. The van der Waals surface area contributed by atoms with Crippen molar-refractivity contribution < 1.29 is 14.3 Å². The van der Waals surface area contributed by atoms with Crippen molar-refractivity contribution in [1.29, 1.82) is 0 Å². The number of rotatable bonds is 0. The number of fused-ring (bicyclic) bond motifs is 2. The summed E-state index contributed by atoms with van der Waals surface area (Å²) < 4.78 is 5.50. The molecule has 5 heteroatoms. The van der Waals surface area contributed by atoms with E-state index in [9.17, 15) is 9.59 Å². The Morgan fingerprint density at radius 1 is 1.35 bits per heavy atom. The van der Waals surface area contributed by atoms with Crippen LogP contribution >= 0.6 is 11.6 Å². The first-order valence-corrected chi connectivity index (χ1v) is 5.77. The molecule has 1 N–H and O–H groups in total. The fourth-order valence-electron chi connectivity index (χ4n) is 2.56. The summed E-state index contributed by atoms with van der Waals surface area (Å²) >= 11 is 6.05. The third-order valence-electron chi connectivity index (χ3n) is 3.41. The van der Waals surface area contributed by atoms with Gasteiger partial charge in [-0.3, -0.25) is 14.9 Å². The molecule has 4 nitrogen and oxygen atoms in total. The molecule has 3 rings (SSSR count). The molecule has 0 bridgehead atoms. The quantitative estimate of drug-likeness (QED) is 0.710. The molecule has 0 radical (unpaired) electrons. The van der Waals surface area contributed by atoms with Gasteiger partial charge in [-0.1, -0.05) is 23.7 Å². The molecule has 2 amide bonds. The summed E-state index contributed by atoms with van der Waals surface area (Å²) in [4.78, 5) is 23.4. The zero-order valence-electron chi connectivity index (χ0n) is 8.96. The lowest BCUT2D eigenvalue weighted by atomic mass is 9.74. The number of ether oxygens (including phenoxy) is 1. The van der Waals surface area contributed by atoms with Gasteiger partial charge in [0.25, 0.3) is 0 Å². The first kappa shape index (κ1) is 10.6. The Balaban J connectivity index is 2.20. The van der Waals surface area contributed by atoms with Crippen LogP contribution in [0, 0.1) is 0 Å². The van der Waals surface area contributed by atoms with Crippen LogP contribution < -0.4 is 10.1 Å². The van der Waals surface area contributed by atoms with Gasteiger partial charge in [-0.2, -0.15) is 0 Å². The van der Waals surface area contributed by atoms with Crippen LogP contribution in [0.4, 0.5) is 0 Å². The minimum atomic E-state index is -0.782. The summed E-state index contributed by atoms with van der Waals surface area (Å²) in [5.41, 5.74) is -0.0603. The number of benzene rings is 1. The monoisotopic (exact) mass is 251 g/mol. The summed E-state index contributed by atoms with van der Waals surface area (Å²) in [6.07, 6.45) is 0.695. The topological polar surface area (TPSA) is 55.4 Å². The molecule has 88 valence electrons. The highest BCUT2D eigenvalue weighted by molar-refractivity contribution is 6.32. The first-order valence-electron chi connectivity index (χ1n) is 5.39. The molecular formula is C12H10ClNO3. The summed E-state index contributed by atoms with van der Waals surface area (Å²) in [6, 6.07) is 5.29. The van der Waals surface area contributed by atoms with Gasteiger partial charge < -0.3 is 4.74 Å². The standard InChI is InChI=1S/C12H10ClNO3/c13-8-3-1-2-7-10(8)17-5-4-12(7)6-9(15)14-11(12)16/h1-3H,4-6H2,(H,14,15,16). The van der Waals surface area contributed by atoms with E-state index in [2.05, 4.69) is 5.32 Å². The zero-order valence-corrected chi connectivity index (χ0v) is 9.71. The average molecular weight is 252 g/mol. The molecule has 1 saturated heterocycles. The molecular weight excluding hydrogens is 242 g/mol. The maximum atomic E-state index is 12.0. The van der Waals surface area contributed by atoms with Gasteiger partial charge in [-0.25, -0.2) is 0 Å². The van der Waals surface area contributed by atoms with Crippen molar-refractivity contribution in [2.75, 3.05) is 6.61 Å². The number of carbonyl (C=O) groups is 2. The van der Waals surface area contributed by atoms with Crippen molar-refractivity contribution in [2.24, 2.45) is 0 Å². The number of nitrogens with one attached hydrogen (secondary N) is 1. The Morgan fingerprint density at radius 3 is 2.88 bits per heavy atom. The molecule has 0 saturated carbocycles. The Bertz CT molecular complexity index is 528. The predicted octanol–water partition coefficient (Wildman–Crippen LogP) is 1.41. The van der Waals surface area contributed by atoms with Gasteiger partial charge in [0.2, 0.25) is 11.8 Å². The van der Waals surface area contributed by atoms with Crippen LogP contribution in [0.3, 0.4) is 0 Å². The molecule has 0 aromatic heterocycles. The highest BCUT2D eigenvalue weighted by atomic mass is 35.5. The predicted molar refractivity (Wildman–Crippen MR) is 61.0 cm³/mol. The molecule has 1 fully saturated rings. The van der Waals surface area contributed by atoms with E-state index in [4.69, 9.17) is 16.3 Å². The number of amides is 2. The minimum Gasteiger partial charge on any atom is -0.492 e. The van der Waals surface area contributed by atoms with E-state index >= 15 is 0 Å². The van der Waals surface area contributed by atoms with Crippen molar-refractivity contribution in [3.8, 4) is 5.75 Å². The van der Waals surface area contributed by atoms with Crippen molar-refractivity contribution in [3.63, 3.8) is 0 Å². The van der Waals surface area contributed by atoms with Crippen LogP contribution in [0.1, 0.15) is 18.4 Å². The maximum Gasteiger partial charge on any atom is 0.238 e. The number of carbonyl (C=O) groups excluding carboxylic acids is 2. The molecule has 2 aliphatic rings. The highest BCUT2D eigenvalue weighted by Gasteiger charge is 2.51. The highest BCUT2D eigenvalue weighted by Crippen LogP contribution is 2.46. The molecule has 2 heterocycles. The normalized spacial score (nSPS) is 26.6. The van der Waals surface area contributed by atoms with E-state index in [-0.39, 0.29) is 18.2 Å². The minimum absolute atomic E-state index is 0.183. The average Bonchev–Trinajstić information content (AvgIpc) is 2.56. The van der Waals surface area contributed by atoms with Gasteiger partial charge >= 0.3 is 0 Å². The fraction of sp³-hybridized carbons (Fsp3) is 0.333. The summed E-state index contributed by atoms with van der Waals surface area (Å²) in [5, 5.41) is 2.84. The molecule has 1 aromatic carbocycles. The number of halogens is 1. The van der Waals surface area contributed by atoms with Gasteiger partial charge in [0, 0.05) is 18.4 Å². The van der Waals surface area contributed by atoms with E-state index in [0.717, 1.165) is 5.56 Å². The second-order valence-corrected chi connectivity index (χ2v) is 4.76. The van der Waals surface area contributed by atoms with Crippen LogP contribution in [-0.2, 0) is 15.0 Å². The lowest BCUT2D eigenvalue weighted by Crippen LogP contribution is -2.40. The molecule has 1 spiro atoms. The van der Waals surface area contributed by atoms with Gasteiger partial charge in [0.05, 0.1) is 17.0 Å². The van der Waals surface area contributed by atoms with E-state index in [1.54, 1.807) is 18.2 Å². The Morgan fingerprint density at radius 2 is 2.18 bits per heavy atom. The van der Waals surface area contributed by atoms with Gasteiger partial charge in [0.15, 0.2) is 0 Å². The van der Waals surface area contributed by atoms with Crippen LogP contribution in [0.5, 0.6) is 5.75 Å². The summed E-state index contributed by atoms with van der Waals surface area (Å²) in [7, 11) is 0. The molecule has 0 aliphatic carbocycles. The SMILES string of the molecule is O=C1CC2(CCOc3c(Cl)cccc32)C(=O)N1. The lowest BCUT2D eigenvalue weighted by molar-refractivity contribution is -0.126. The number of hydrogen-bond acceptors (Lipinski definition) is 3. The van der Waals surface area contributed by atoms with Crippen molar-refractivity contribution in [3.05, 3.63) is 28.8 Å². The molecule has 17 heavy (non-hydrogen) atoms. The van der Waals surface area contributed by atoms with Gasteiger partial charge in [-0.15, -0.1) is 0 Å². The fourth-order valence-corrected chi connectivity index (χ4v) is 2.79. The van der Waals surface area contributed by atoms with Crippen LogP contribution in [0.15, 0.2) is 18.2 Å². The van der Waals surface area contributed by atoms with E-state index in [1.165, 1.54) is 0 Å². The van der Waals surface area contributed by atoms with E-state index < -0.39 is 5.41 Å². The number of hydrogen-bond donors (Lipinski definition) is 1. The molecule has 1 atom stereocenters. The Labute approximate surface area is 103 Å². The van der Waals surface area contributed by atoms with Crippen LogP contribution in [0.25, 0.3) is 0 Å². The summed E-state index contributed by atoms with van der Waals surface area (Å²) in [6.45, 7) is 0.400. The van der Waals surface area contributed by atoms with Crippen molar-refractivity contribution in [2.45, 2.75) is 18.3 Å². The largest absolute Gasteiger partial charge is 0.492 e. The number of para-hydroxylation sites is 1. The summed E-state index contributed by atoms with van der Waals surface area (Å²) in [5.74, 6) is 0.0578. The molecule has 2 aliphatic heterocycles. The third kappa shape index (κ3) is 1.37. The Hall–Kier alpha value is -1.55. The third-order valence-corrected chi connectivity index (χ3v) is 3.71. The van der Waals surface area contributed by atoms with E-state index in [0.29, 0.717) is 23.8 Å². The smallest absolute Gasteiger partial charge is 0.238 e. The molecule has 1 unspecified atom stereocenters. The van der Waals surface area contributed by atoms with E-state index in [1.807, 2.05) is 0 Å². The molecule has 1 aromatic rings. The number of imide groups is 1.